The van der Waals surface area contributed by atoms with Crippen LogP contribution in [-0.4, -0.2) is 43.4 Å². The van der Waals surface area contributed by atoms with Crippen LogP contribution in [-0.2, 0) is 4.74 Å². The molecule has 2 aromatic rings. The van der Waals surface area contributed by atoms with Gasteiger partial charge in [-0.2, -0.15) is 0 Å². The largest absolute Gasteiger partial charge is 0.378 e. The number of carbonyl (C=O) groups is 1. The van der Waals surface area contributed by atoms with Crippen molar-refractivity contribution in [3.63, 3.8) is 0 Å². The molecule has 0 saturated carbocycles. The molecule has 1 fully saturated rings. The fourth-order valence-corrected chi connectivity index (χ4v) is 3.18. The summed E-state index contributed by atoms with van der Waals surface area (Å²) in [5.74, 6) is -0.368. The summed E-state index contributed by atoms with van der Waals surface area (Å²) in [5.41, 5.74) is 1.50. The lowest BCUT2D eigenvalue weighted by Crippen LogP contribution is -2.37. The first kappa shape index (κ1) is 18.2. The van der Waals surface area contributed by atoms with Gasteiger partial charge in [-0.3, -0.25) is 14.9 Å². The molecule has 0 spiro atoms. The minimum atomic E-state index is -0.493. The molecule has 7 nitrogen and oxygen atoms in total. The highest BCUT2D eigenvalue weighted by Crippen LogP contribution is 2.27. The Morgan fingerprint density at radius 3 is 2.50 bits per heavy atom. The zero-order valence-electron chi connectivity index (χ0n) is 14.3. The minimum Gasteiger partial charge on any atom is -0.378 e. The SMILES string of the molecule is CSc1ccc(NC(=O)c2cc([N+](=O)[O-])ccc2N2CCOCC2)cc1. The van der Waals surface area contributed by atoms with Crippen molar-refractivity contribution < 1.29 is 14.5 Å². The number of carbonyl (C=O) groups excluding carboxylic acids is 1. The van der Waals surface area contributed by atoms with E-state index in [-0.39, 0.29) is 17.2 Å². The Balaban J connectivity index is 1.90. The van der Waals surface area contributed by atoms with E-state index in [9.17, 15) is 14.9 Å². The number of anilines is 2. The summed E-state index contributed by atoms with van der Waals surface area (Å²) in [6, 6.07) is 11.8. The van der Waals surface area contributed by atoms with Crippen molar-refractivity contribution in [3.05, 3.63) is 58.1 Å². The number of thioether (sulfide) groups is 1. The summed E-state index contributed by atoms with van der Waals surface area (Å²) in [6.45, 7) is 2.41. The molecule has 1 aliphatic rings. The number of nitro groups is 1. The van der Waals surface area contributed by atoms with E-state index < -0.39 is 4.92 Å². The second-order valence-corrected chi connectivity index (χ2v) is 6.62. The van der Waals surface area contributed by atoms with Crippen LogP contribution < -0.4 is 10.2 Å². The number of hydrogen-bond donors (Lipinski definition) is 1. The average Bonchev–Trinajstić information content (AvgIpc) is 2.68. The Labute approximate surface area is 155 Å². The van der Waals surface area contributed by atoms with Crippen molar-refractivity contribution in [2.24, 2.45) is 0 Å². The summed E-state index contributed by atoms with van der Waals surface area (Å²) < 4.78 is 5.35. The lowest BCUT2D eigenvalue weighted by Gasteiger charge is -2.30. The van der Waals surface area contributed by atoms with Crippen LogP contribution in [0.4, 0.5) is 17.1 Å². The van der Waals surface area contributed by atoms with Gasteiger partial charge in [-0.25, -0.2) is 0 Å². The van der Waals surface area contributed by atoms with E-state index in [0.29, 0.717) is 37.7 Å². The fraction of sp³-hybridized carbons (Fsp3) is 0.278. The lowest BCUT2D eigenvalue weighted by molar-refractivity contribution is -0.384. The number of benzene rings is 2. The van der Waals surface area contributed by atoms with Gasteiger partial charge >= 0.3 is 0 Å². The van der Waals surface area contributed by atoms with E-state index in [1.54, 1.807) is 17.8 Å². The van der Waals surface area contributed by atoms with Gasteiger partial charge in [-0.15, -0.1) is 11.8 Å². The maximum atomic E-state index is 12.8. The number of nitrogens with one attached hydrogen (secondary N) is 1. The number of non-ortho nitro benzene ring substituents is 1. The summed E-state index contributed by atoms with van der Waals surface area (Å²) in [5, 5.41) is 14.0. The molecule has 3 rings (SSSR count). The van der Waals surface area contributed by atoms with Crippen LogP contribution in [0.3, 0.4) is 0 Å². The van der Waals surface area contributed by atoms with Gasteiger partial charge in [0.15, 0.2) is 0 Å². The van der Waals surface area contributed by atoms with Crippen molar-refractivity contribution in [2.45, 2.75) is 4.90 Å². The van der Waals surface area contributed by atoms with Gasteiger partial charge < -0.3 is 15.0 Å². The third-order valence-electron chi connectivity index (χ3n) is 4.14. The van der Waals surface area contributed by atoms with Gasteiger partial charge in [0.1, 0.15) is 0 Å². The number of rotatable bonds is 5. The maximum Gasteiger partial charge on any atom is 0.270 e. The molecule has 1 saturated heterocycles. The first-order valence-corrected chi connectivity index (χ1v) is 9.37. The van der Waals surface area contributed by atoms with Gasteiger partial charge in [-0.1, -0.05) is 0 Å². The van der Waals surface area contributed by atoms with Crippen molar-refractivity contribution in [2.75, 3.05) is 42.8 Å². The summed E-state index contributed by atoms with van der Waals surface area (Å²) in [4.78, 5) is 26.6. The van der Waals surface area contributed by atoms with E-state index in [2.05, 4.69) is 5.32 Å². The Hall–Kier alpha value is -2.58. The van der Waals surface area contributed by atoms with Gasteiger partial charge in [0, 0.05) is 35.8 Å². The fourth-order valence-electron chi connectivity index (χ4n) is 2.77. The molecule has 0 radical (unpaired) electrons. The Morgan fingerprint density at radius 2 is 1.88 bits per heavy atom. The van der Waals surface area contributed by atoms with E-state index >= 15 is 0 Å². The first-order chi connectivity index (χ1) is 12.6. The summed E-state index contributed by atoms with van der Waals surface area (Å²) in [6.07, 6.45) is 1.98. The normalized spacial score (nSPS) is 14.1. The molecule has 2 aromatic carbocycles. The van der Waals surface area contributed by atoms with E-state index in [1.165, 1.54) is 12.1 Å². The van der Waals surface area contributed by atoms with Gasteiger partial charge in [0.05, 0.1) is 29.4 Å². The molecule has 1 heterocycles. The highest BCUT2D eigenvalue weighted by Gasteiger charge is 2.22. The van der Waals surface area contributed by atoms with Crippen molar-refractivity contribution in [1.29, 1.82) is 0 Å². The highest BCUT2D eigenvalue weighted by atomic mass is 32.2. The lowest BCUT2D eigenvalue weighted by atomic mass is 10.1. The molecular weight excluding hydrogens is 354 g/mol. The molecule has 136 valence electrons. The number of morpholine rings is 1. The van der Waals surface area contributed by atoms with E-state index in [0.717, 1.165) is 4.90 Å². The monoisotopic (exact) mass is 373 g/mol. The average molecular weight is 373 g/mol. The smallest absolute Gasteiger partial charge is 0.270 e. The standard InChI is InChI=1S/C18H19N3O4S/c1-26-15-5-2-13(3-6-15)19-18(22)16-12-14(21(23)24)4-7-17(16)20-8-10-25-11-9-20/h2-7,12H,8-11H2,1H3,(H,19,22). The molecule has 8 heteroatoms. The number of nitro benzene ring substituents is 1. The Bertz CT molecular complexity index is 805. The molecule has 1 amide bonds. The maximum absolute atomic E-state index is 12.8. The second kappa shape index (κ2) is 8.20. The van der Waals surface area contributed by atoms with Gasteiger partial charge in [0.25, 0.3) is 11.6 Å². The molecule has 0 bridgehead atoms. The predicted octanol–water partition coefficient (Wildman–Crippen LogP) is 3.41. The molecule has 26 heavy (non-hydrogen) atoms. The zero-order chi connectivity index (χ0) is 18.5. The molecule has 0 atom stereocenters. The predicted molar refractivity (Wildman–Crippen MR) is 102 cm³/mol. The highest BCUT2D eigenvalue weighted by molar-refractivity contribution is 7.98. The Morgan fingerprint density at radius 1 is 1.19 bits per heavy atom. The van der Waals surface area contributed by atoms with Crippen LogP contribution in [0.15, 0.2) is 47.4 Å². The second-order valence-electron chi connectivity index (χ2n) is 5.74. The molecule has 0 unspecified atom stereocenters. The molecule has 1 N–H and O–H groups in total. The molecular formula is C18H19N3O4S. The first-order valence-electron chi connectivity index (χ1n) is 8.15. The van der Waals surface area contributed by atoms with Crippen LogP contribution >= 0.6 is 11.8 Å². The molecule has 0 aromatic heterocycles. The number of amides is 1. The third-order valence-corrected chi connectivity index (χ3v) is 4.88. The van der Waals surface area contributed by atoms with Gasteiger partial charge in [0.2, 0.25) is 0 Å². The Kier molecular flexibility index (Phi) is 5.75. The van der Waals surface area contributed by atoms with Crippen LogP contribution in [0.25, 0.3) is 0 Å². The number of hydrogen-bond acceptors (Lipinski definition) is 6. The number of ether oxygens (including phenoxy) is 1. The van der Waals surface area contributed by atoms with Crippen LogP contribution in [0.1, 0.15) is 10.4 Å². The summed E-state index contributed by atoms with van der Waals surface area (Å²) in [7, 11) is 0. The van der Waals surface area contributed by atoms with Crippen LogP contribution in [0.5, 0.6) is 0 Å². The van der Waals surface area contributed by atoms with Crippen LogP contribution in [0.2, 0.25) is 0 Å². The molecule has 0 aliphatic carbocycles. The van der Waals surface area contributed by atoms with Crippen molar-refractivity contribution >= 4 is 34.7 Å². The molecule has 1 aliphatic heterocycles. The van der Waals surface area contributed by atoms with Crippen molar-refractivity contribution in [3.8, 4) is 0 Å². The third kappa shape index (κ3) is 4.14. The zero-order valence-corrected chi connectivity index (χ0v) is 15.1. The quantitative estimate of drug-likeness (QED) is 0.491. The minimum absolute atomic E-state index is 0.107. The van der Waals surface area contributed by atoms with E-state index in [4.69, 9.17) is 4.74 Å². The number of nitrogens with zero attached hydrogens (tertiary/aromatic N) is 2. The van der Waals surface area contributed by atoms with Crippen molar-refractivity contribution in [1.82, 2.24) is 0 Å². The van der Waals surface area contributed by atoms with Gasteiger partial charge in [-0.05, 0) is 36.6 Å². The topological polar surface area (TPSA) is 84.7 Å². The van der Waals surface area contributed by atoms with Crippen LogP contribution in [0, 0.1) is 10.1 Å². The summed E-state index contributed by atoms with van der Waals surface area (Å²) >= 11 is 1.61. The van der Waals surface area contributed by atoms with E-state index in [1.807, 2.05) is 35.4 Å².